The number of rotatable bonds is 6. The molecule has 1 N–H and O–H groups in total. The predicted octanol–water partition coefficient (Wildman–Crippen LogP) is 5.72. The van der Waals surface area contributed by atoms with Crippen LogP contribution < -0.4 is 5.32 Å². The second kappa shape index (κ2) is 8.78. The fourth-order valence-electron chi connectivity index (χ4n) is 3.10. The lowest BCUT2D eigenvalue weighted by molar-refractivity contribution is 0.0946. The number of nitrogens with zero attached hydrogens (tertiary/aromatic N) is 2. The van der Waals surface area contributed by atoms with Gasteiger partial charge in [0.05, 0.1) is 15.7 Å². The number of furan rings is 1. The Morgan fingerprint density at radius 3 is 2.53 bits per heavy atom. The second-order valence-corrected chi connectivity index (χ2v) is 7.64. The van der Waals surface area contributed by atoms with Crippen molar-refractivity contribution in [3.8, 4) is 17.1 Å². The van der Waals surface area contributed by atoms with E-state index >= 15 is 0 Å². The highest BCUT2D eigenvalue weighted by molar-refractivity contribution is 6.42. The number of amides is 1. The zero-order chi connectivity index (χ0) is 21.1. The molecule has 0 unspecified atom stereocenters. The molecule has 0 radical (unpaired) electrons. The van der Waals surface area contributed by atoms with Crippen molar-refractivity contribution in [1.29, 1.82) is 0 Å². The summed E-state index contributed by atoms with van der Waals surface area (Å²) >= 11 is 12.2. The zero-order valence-corrected chi connectivity index (χ0v) is 17.7. The van der Waals surface area contributed by atoms with Gasteiger partial charge in [-0.05, 0) is 49.2 Å². The van der Waals surface area contributed by atoms with E-state index in [4.69, 9.17) is 27.6 Å². The third kappa shape index (κ3) is 4.42. The summed E-state index contributed by atoms with van der Waals surface area (Å²) in [5, 5.41) is 8.36. The van der Waals surface area contributed by atoms with Crippen molar-refractivity contribution in [2.24, 2.45) is 0 Å². The normalized spacial score (nSPS) is 10.9. The molecule has 0 aliphatic carbocycles. The fourth-order valence-corrected chi connectivity index (χ4v) is 3.40. The molecule has 0 saturated carbocycles. The van der Waals surface area contributed by atoms with Gasteiger partial charge in [-0.1, -0.05) is 53.5 Å². The summed E-state index contributed by atoms with van der Waals surface area (Å²) in [5.74, 6) is 1.12. The van der Waals surface area contributed by atoms with E-state index in [1.54, 1.807) is 28.9 Å². The van der Waals surface area contributed by atoms with Crippen molar-refractivity contribution in [2.45, 2.75) is 13.3 Å². The minimum absolute atomic E-state index is 0.237. The van der Waals surface area contributed by atoms with Crippen molar-refractivity contribution >= 4 is 29.1 Å². The highest BCUT2D eigenvalue weighted by Crippen LogP contribution is 2.27. The van der Waals surface area contributed by atoms with E-state index < -0.39 is 0 Å². The molecule has 0 aliphatic heterocycles. The van der Waals surface area contributed by atoms with Gasteiger partial charge in [-0.15, -0.1) is 0 Å². The molecule has 7 heteroatoms. The first kappa shape index (κ1) is 20.3. The number of carbonyl (C=O) groups is 1. The van der Waals surface area contributed by atoms with Gasteiger partial charge in [-0.25, -0.2) is 4.68 Å². The Labute approximate surface area is 184 Å². The van der Waals surface area contributed by atoms with Gasteiger partial charge in [-0.2, -0.15) is 5.10 Å². The Bertz CT molecular complexity index is 1180. The first-order valence-corrected chi connectivity index (χ1v) is 10.2. The molecule has 152 valence electrons. The number of carbonyl (C=O) groups excluding carboxylic acids is 1. The molecule has 4 aromatic rings. The SMILES string of the molecule is Cc1ccc(-c2cc(C(=O)NCCc3ccccc3)n(-c3ccc(Cl)c(Cl)c3)n2)o1. The third-order valence-electron chi connectivity index (χ3n) is 4.62. The number of nitrogens with one attached hydrogen (secondary N) is 1. The molecule has 5 nitrogen and oxygen atoms in total. The Morgan fingerprint density at radius 2 is 1.83 bits per heavy atom. The van der Waals surface area contributed by atoms with Crippen molar-refractivity contribution in [1.82, 2.24) is 15.1 Å². The summed E-state index contributed by atoms with van der Waals surface area (Å²) in [6.45, 7) is 2.36. The minimum atomic E-state index is -0.237. The molecule has 2 aromatic carbocycles. The Morgan fingerprint density at radius 1 is 1.03 bits per heavy atom. The van der Waals surface area contributed by atoms with Crippen LogP contribution in [-0.4, -0.2) is 22.2 Å². The zero-order valence-electron chi connectivity index (χ0n) is 16.2. The number of halogens is 2. The van der Waals surface area contributed by atoms with Gasteiger partial charge in [0.2, 0.25) is 0 Å². The highest BCUT2D eigenvalue weighted by atomic mass is 35.5. The number of benzene rings is 2. The molecule has 0 bridgehead atoms. The molecule has 30 heavy (non-hydrogen) atoms. The smallest absolute Gasteiger partial charge is 0.270 e. The van der Waals surface area contributed by atoms with E-state index in [1.165, 1.54) is 0 Å². The summed E-state index contributed by atoms with van der Waals surface area (Å²) in [4.78, 5) is 13.0. The molecule has 2 aromatic heterocycles. The molecule has 0 fully saturated rings. The van der Waals surface area contributed by atoms with Crippen LogP contribution in [0.3, 0.4) is 0 Å². The van der Waals surface area contributed by atoms with E-state index in [9.17, 15) is 4.79 Å². The molecular weight excluding hydrogens is 421 g/mol. The molecule has 2 heterocycles. The largest absolute Gasteiger partial charge is 0.460 e. The number of hydrogen-bond acceptors (Lipinski definition) is 3. The third-order valence-corrected chi connectivity index (χ3v) is 5.36. The summed E-state index contributed by atoms with van der Waals surface area (Å²) in [6, 6.07) is 20.5. The van der Waals surface area contributed by atoms with Gasteiger partial charge >= 0.3 is 0 Å². The van der Waals surface area contributed by atoms with Crippen LogP contribution in [-0.2, 0) is 6.42 Å². The van der Waals surface area contributed by atoms with E-state index in [0.717, 1.165) is 17.7 Å². The summed E-state index contributed by atoms with van der Waals surface area (Å²) in [5.41, 5.74) is 2.72. The molecule has 4 rings (SSSR count). The maximum absolute atomic E-state index is 13.0. The van der Waals surface area contributed by atoms with Gasteiger partial charge < -0.3 is 9.73 Å². The van der Waals surface area contributed by atoms with Crippen molar-refractivity contribution in [3.63, 3.8) is 0 Å². The molecule has 0 atom stereocenters. The Balaban J connectivity index is 1.63. The van der Waals surface area contributed by atoms with Crippen LogP contribution in [0.4, 0.5) is 0 Å². The predicted molar refractivity (Wildman–Crippen MR) is 119 cm³/mol. The van der Waals surface area contributed by atoms with Crippen LogP contribution in [0, 0.1) is 6.92 Å². The number of hydrogen-bond donors (Lipinski definition) is 1. The van der Waals surface area contributed by atoms with E-state index in [2.05, 4.69) is 10.4 Å². The first-order chi connectivity index (χ1) is 14.5. The lowest BCUT2D eigenvalue weighted by Crippen LogP contribution is -2.27. The van der Waals surface area contributed by atoms with Crippen LogP contribution in [0.25, 0.3) is 17.1 Å². The standard InChI is InChI=1S/C23H19Cl2N3O2/c1-15-7-10-22(30-15)20-14-21(23(29)26-12-11-16-5-3-2-4-6-16)28(27-20)17-8-9-18(24)19(25)13-17/h2-10,13-14H,11-12H2,1H3,(H,26,29). The lowest BCUT2D eigenvalue weighted by atomic mass is 10.1. The van der Waals surface area contributed by atoms with Gasteiger partial charge in [-0.3, -0.25) is 4.79 Å². The molecule has 0 aliphatic rings. The van der Waals surface area contributed by atoms with Gasteiger partial charge in [0.1, 0.15) is 17.1 Å². The fraction of sp³-hybridized carbons (Fsp3) is 0.130. The highest BCUT2D eigenvalue weighted by Gasteiger charge is 2.19. The molecular formula is C23H19Cl2N3O2. The van der Waals surface area contributed by atoms with E-state index in [0.29, 0.717) is 39.4 Å². The Hall–Kier alpha value is -3.02. The van der Waals surface area contributed by atoms with Crippen molar-refractivity contribution in [2.75, 3.05) is 6.54 Å². The summed E-state index contributed by atoms with van der Waals surface area (Å²) in [7, 11) is 0. The number of aromatic nitrogens is 2. The minimum Gasteiger partial charge on any atom is -0.460 e. The Kier molecular flexibility index (Phi) is 5.93. The van der Waals surface area contributed by atoms with Crippen LogP contribution in [0.2, 0.25) is 10.0 Å². The summed E-state index contributed by atoms with van der Waals surface area (Å²) < 4.78 is 7.23. The van der Waals surface area contributed by atoms with Gasteiger partial charge in [0.25, 0.3) is 5.91 Å². The van der Waals surface area contributed by atoms with Crippen molar-refractivity contribution in [3.05, 3.63) is 93.8 Å². The van der Waals surface area contributed by atoms with Crippen LogP contribution in [0.1, 0.15) is 21.8 Å². The van der Waals surface area contributed by atoms with Crippen LogP contribution in [0.5, 0.6) is 0 Å². The van der Waals surface area contributed by atoms with Crippen LogP contribution in [0.15, 0.2) is 71.1 Å². The van der Waals surface area contributed by atoms with Crippen molar-refractivity contribution < 1.29 is 9.21 Å². The molecule has 0 saturated heterocycles. The average Bonchev–Trinajstić information content (AvgIpc) is 3.37. The first-order valence-electron chi connectivity index (χ1n) is 9.46. The average molecular weight is 440 g/mol. The second-order valence-electron chi connectivity index (χ2n) is 6.83. The van der Waals surface area contributed by atoms with Gasteiger partial charge in [0, 0.05) is 12.6 Å². The van der Waals surface area contributed by atoms with E-state index in [-0.39, 0.29) is 5.91 Å². The number of aryl methyl sites for hydroxylation is 1. The quantitative estimate of drug-likeness (QED) is 0.417. The summed E-state index contributed by atoms with van der Waals surface area (Å²) in [6.07, 6.45) is 0.734. The topological polar surface area (TPSA) is 60.1 Å². The maximum Gasteiger partial charge on any atom is 0.270 e. The van der Waals surface area contributed by atoms with Crippen LogP contribution >= 0.6 is 23.2 Å². The lowest BCUT2D eigenvalue weighted by Gasteiger charge is -2.09. The molecule has 1 amide bonds. The molecule has 0 spiro atoms. The van der Waals surface area contributed by atoms with Gasteiger partial charge in [0.15, 0.2) is 5.76 Å². The maximum atomic E-state index is 13.0. The van der Waals surface area contributed by atoms with E-state index in [1.807, 2.05) is 49.4 Å². The monoisotopic (exact) mass is 439 g/mol.